The molecule has 24 heavy (non-hydrogen) atoms. The summed E-state index contributed by atoms with van der Waals surface area (Å²) in [6.45, 7) is 0.128. The third-order valence-corrected chi connectivity index (χ3v) is 3.46. The van der Waals surface area contributed by atoms with Gasteiger partial charge in [0.25, 0.3) is 11.8 Å². The average Bonchev–Trinajstić information content (AvgIpc) is 3.09. The van der Waals surface area contributed by atoms with Gasteiger partial charge in [-0.3, -0.25) is 4.79 Å². The smallest absolute Gasteiger partial charge is 0.258 e. The Morgan fingerprint density at radius 1 is 1.25 bits per heavy atom. The molecular formula is C17H11ClN4O2. The van der Waals surface area contributed by atoms with Crippen molar-refractivity contribution in [2.75, 3.05) is 0 Å². The molecule has 1 amide bonds. The molecule has 0 aliphatic rings. The average molecular weight is 339 g/mol. The van der Waals surface area contributed by atoms with Gasteiger partial charge >= 0.3 is 0 Å². The van der Waals surface area contributed by atoms with E-state index in [-0.39, 0.29) is 12.5 Å². The van der Waals surface area contributed by atoms with E-state index >= 15 is 0 Å². The molecule has 0 radical (unpaired) electrons. The molecule has 0 aliphatic carbocycles. The van der Waals surface area contributed by atoms with E-state index in [1.165, 1.54) is 0 Å². The highest BCUT2D eigenvalue weighted by atomic mass is 35.5. The molecule has 0 atom stereocenters. The fraction of sp³-hybridized carbons (Fsp3) is 0.0588. The minimum absolute atomic E-state index is 0.128. The topological polar surface area (TPSA) is 91.8 Å². The molecule has 0 spiro atoms. The molecule has 0 saturated heterocycles. The Bertz CT molecular complexity index is 913. The molecule has 0 fully saturated rings. The highest BCUT2D eigenvalue weighted by Crippen LogP contribution is 2.20. The minimum atomic E-state index is -0.284. The largest absolute Gasteiger partial charge is 0.345 e. The second kappa shape index (κ2) is 6.94. The maximum atomic E-state index is 12.0. The van der Waals surface area contributed by atoms with Crippen molar-refractivity contribution in [3.8, 4) is 17.5 Å². The van der Waals surface area contributed by atoms with Crippen LogP contribution in [0.2, 0.25) is 5.02 Å². The van der Waals surface area contributed by atoms with Crippen LogP contribution in [0.1, 0.15) is 21.7 Å². The number of aromatic nitrogens is 2. The molecule has 1 heterocycles. The molecule has 2 aromatic carbocycles. The monoisotopic (exact) mass is 338 g/mol. The number of nitrogens with zero attached hydrogens (tertiary/aromatic N) is 3. The summed E-state index contributed by atoms with van der Waals surface area (Å²) in [6.07, 6.45) is 0. The van der Waals surface area contributed by atoms with Gasteiger partial charge in [0.05, 0.1) is 18.2 Å². The van der Waals surface area contributed by atoms with Crippen molar-refractivity contribution in [3.63, 3.8) is 0 Å². The van der Waals surface area contributed by atoms with Crippen LogP contribution in [0.4, 0.5) is 0 Å². The lowest BCUT2D eigenvalue weighted by molar-refractivity contribution is 0.0949. The highest BCUT2D eigenvalue weighted by molar-refractivity contribution is 6.30. The Labute approximate surface area is 142 Å². The molecule has 0 saturated carbocycles. The standard InChI is InChI=1S/C17H11ClN4O2/c18-14-3-1-2-13(8-14)17-21-15(22-24-17)10-20-16(23)12-6-4-11(9-19)5-7-12/h1-8H,10H2,(H,20,23). The number of halogens is 1. The first-order valence-corrected chi connectivity index (χ1v) is 7.40. The summed E-state index contributed by atoms with van der Waals surface area (Å²) in [5, 5.41) is 15.8. The summed E-state index contributed by atoms with van der Waals surface area (Å²) < 4.78 is 5.17. The summed E-state index contributed by atoms with van der Waals surface area (Å²) in [5.41, 5.74) is 1.66. The summed E-state index contributed by atoms with van der Waals surface area (Å²) in [7, 11) is 0. The molecule has 0 bridgehead atoms. The first-order chi connectivity index (χ1) is 11.7. The molecule has 3 aromatic rings. The van der Waals surface area contributed by atoms with E-state index < -0.39 is 0 Å². The highest BCUT2D eigenvalue weighted by Gasteiger charge is 2.11. The lowest BCUT2D eigenvalue weighted by Gasteiger charge is -2.02. The fourth-order valence-electron chi connectivity index (χ4n) is 2.02. The van der Waals surface area contributed by atoms with E-state index in [9.17, 15) is 4.79 Å². The van der Waals surface area contributed by atoms with Gasteiger partial charge in [0, 0.05) is 16.1 Å². The summed E-state index contributed by atoms with van der Waals surface area (Å²) >= 11 is 5.93. The molecule has 7 heteroatoms. The molecule has 0 aliphatic heterocycles. The van der Waals surface area contributed by atoms with Crippen LogP contribution in [0.5, 0.6) is 0 Å². The van der Waals surface area contributed by atoms with Crippen LogP contribution in [0.3, 0.4) is 0 Å². The molecular weight excluding hydrogens is 328 g/mol. The van der Waals surface area contributed by atoms with Crippen molar-refractivity contribution in [2.24, 2.45) is 0 Å². The van der Waals surface area contributed by atoms with Crippen molar-refractivity contribution in [1.29, 1.82) is 5.26 Å². The first-order valence-electron chi connectivity index (χ1n) is 7.02. The van der Waals surface area contributed by atoms with Gasteiger partial charge in [-0.15, -0.1) is 0 Å². The Morgan fingerprint density at radius 2 is 2.04 bits per heavy atom. The Balaban J connectivity index is 1.64. The van der Waals surface area contributed by atoms with E-state index in [1.54, 1.807) is 48.5 Å². The number of carbonyl (C=O) groups is 1. The Morgan fingerprint density at radius 3 is 2.75 bits per heavy atom. The molecule has 118 valence electrons. The van der Waals surface area contributed by atoms with Gasteiger partial charge in [0.1, 0.15) is 0 Å². The van der Waals surface area contributed by atoms with Crippen LogP contribution >= 0.6 is 11.6 Å². The number of nitrogens with one attached hydrogen (secondary N) is 1. The first kappa shape index (κ1) is 15.7. The minimum Gasteiger partial charge on any atom is -0.345 e. The summed E-state index contributed by atoms with van der Waals surface area (Å²) in [6, 6.07) is 15.4. The number of nitriles is 1. The zero-order valence-electron chi connectivity index (χ0n) is 12.4. The van der Waals surface area contributed by atoms with Crippen LogP contribution in [0, 0.1) is 11.3 Å². The zero-order valence-corrected chi connectivity index (χ0v) is 13.1. The molecule has 6 nitrogen and oxygen atoms in total. The predicted molar refractivity (Wildman–Crippen MR) is 87.1 cm³/mol. The van der Waals surface area contributed by atoms with E-state index in [1.807, 2.05) is 6.07 Å². The lowest BCUT2D eigenvalue weighted by atomic mass is 10.1. The molecule has 3 rings (SSSR count). The quantitative estimate of drug-likeness (QED) is 0.788. The van der Waals surface area contributed by atoms with Gasteiger partial charge in [0.15, 0.2) is 5.82 Å². The van der Waals surface area contributed by atoms with Gasteiger partial charge in [-0.2, -0.15) is 10.2 Å². The van der Waals surface area contributed by atoms with E-state index in [4.69, 9.17) is 21.4 Å². The van der Waals surface area contributed by atoms with Crippen LogP contribution in [0.15, 0.2) is 53.1 Å². The summed E-state index contributed by atoms with van der Waals surface area (Å²) in [4.78, 5) is 16.3. The van der Waals surface area contributed by atoms with E-state index in [0.29, 0.717) is 33.4 Å². The second-order valence-electron chi connectivity index (χ2n) is 4.90. The number of amides is 1. The number of hydrogen-bond donors (Lipinski definition) is 1. The van der Waals surface area contributed by atoms with E-state index in [2.05, 4.69) is 15.5 Å². The van der Waals surface area contributed by atoms with Gasteiger partial charge in [-0.25, -0.2) is 0 Å². The third kappa shape index (κ3) is 3.59. The van der Waals surface area contributed by atoms with Crippen LogP contribution in [-0.4, -0.2) is 16.0 Å². The van der Waals surface area contributed by atoms with Crippen LogP contribution in [0.25, 0.3) is 11.5 Å². The number of hydrogen-bond acceptors (Lipinski definition) is 5. The number of carbonyl (C=O) groups excluding carboxylic acids is 1. The fourth-order valence-corrected chi connectivity index (χ4v) is 2.21. The number of rotatable bonds is 4. The molecule has 1 aromatic heterocycles. The SMILES string of the molecule is N#Cc1ccc(C(=O)NCc2noc(-c3cccc(Cl)c3)n2)cc1. The van der Waals surface area contributed by atoms with Gasteiger partial charge < -0.3 is 9.84 Å². The van der Waals surface area contributed by atoms with Crippen LogP contribution < -0.4 is 5.32 Å². The van der Waals surface area contributed by atoms with Crippen LogP contribution in [-0.2, 0) is 6.54 Å². The Kier molecular flexibility index (Phi) is 4.54. The normalized spacial score (nSPS) is 10.2. The van der Waals surface area contributed by atoms with Gasteiger partial charge in [0.2, 0.25) is 0 Å². The maximum Gasteiger partial charge on any atom is 0.258 e. The summed E-state index contributed by atoms with van der Waals surface area (Å²) in [5.74, 6) is 0.403. The zero-order chi connectivity index (χ0) is 16.9. The van der Waals surface area contributed by atoms with Crippen molar-refractivity contribution in [3.05, 3.63) is 70.5 Å². The maximum absolute atomic E-state index is 12.0. The molecule has 1 N–H and O–H groups in total. The van der Waals surface area contributed by atoms with Gasteiger partial charge in [-0.05, 0) is 42.5 Å². The van der Waals surface area contributed by atoms with Crippen molar-refractivity contribution >= 4 is 17.5 Å². The third-order valence-electron chi connectivity index (χ3n) is 3.22. The molecule has 0 unspecified atom stereocenters. The Hall–Kier alpha value is -3.17. The predicted octanol–water partition coefficient (Wildman–Crippen LogP) is 3.19. The van der Waals surface area contributed by atoms with Crippen molar-refractivity contribution in [1.82, 2.24) is 15.5 Å². The van der Waals surface area contributed by atoms with E-state index in [0.717, 1.165) is 0 Å². The number of benzene rings is 2. The van der Waals surface area contributed by atoms with Crippen molar-refractivity contribution < 1.29 is 9.32 Å². The second-order valence-corrected chi connectivity index (χ2v) is 5.33. The lowest BCUT2D eigenvalue weighted by Crippen LogP contribution is -2.23. The van der Waals surface area contributed by atoms with Crippen molar-refractivity contribution in [2.45, 2.75) is 6.54 Å². The van der Waals surface area contributed by atoms with Gasteiger partial charge in [-0.1, -0.05) is 22.8 Å².